The van der Waals surface area contributed by atoms with E-state index in [4.69, 9.17) is 0 Å². The maximum absolute atomic E-state index is 12.8. The summed E-state index contributed by atoms with van der Waals surface area (Å²) in [5.41, 5.74) is 1.11. The van der Waals surface area contributed by atoms with Crippen molar-refractivity contribution in [2.45, 2.75) is 59.1 Å². The smallest absolute Gasteiger partial charge is 0.354 e. The number of rotatable bonds is 6. The third-order valence-electron chi connectivity index (χ3n) is 6.44. The van der Waals surface area contributed by atoms with Gasteiger partial charge in [0, 0.05) is 12.7 Å². The molecule has 0 radical (unpaired) electrons. The number of hydrogen-bond acceptors (Lipinski definition) is 5. The molecule has 0 aliphatic heterocycles. The molecule has 3 rings (SSSR count). The Balaban J connectivity index is 1.64. The number of pyridine rings is 1. The summed E-state index contributed by atoms with van der Waals surface area (Å²) in [6, 6.07) is 4.80. The molecule has 1 saturated carbocycles. The second-order valence-corrected chi connectivity index (χ2v) is 9.13. The van der Waals surface area contributed by atoms with Crippen LogP contribution in [0.4, 0.5) is 19.1 Å². The van der Waals surface area contributed by atoms with Crippen molar-refractivity contribution in [2.24, 2.45) is 17.3 Å². The van der Waals surface area contributed by atoms with E-state index in [1.165, 1.54) is 18.8 Å². The SMILES string of the molecule is C[C@H]1CC[C@@H](Cc2nc(NCCc3ccnc(C(F)(F)F)c3)ncc2C#N)CC1(C)C. The fraction of sp³-hybridized carbons (Fsp3) is 0.565. The Labute approximate surface area is 181 Å². The highest BCUT2D eigenvalue weighted by Gasteiger charge is 2.34. The summed E-state index contributed by atoms with van der Waals surface area (Å²) in [5.74, 6) is 1.54. The largest absolute Gasteiger partial charge is 0.433 e. The molecular weight excluding hydrogens is 403 g/mol. The van der Waals surface area contributed by atoms with Gasteiger partial charge < -0.3 is 5.32 Å². The van der Waals surface area contributed by atoms with Gasteiger partial charge in [0.05, 0.1) is 17.5 Å². The molecule has 0 amide bonds. The van der Waals surface area contributed by atoms with Crippen LogP contribution in [0.1, 0.15) is 62.5 Å². The number of anilines is 1. The molecule has 2 heterocycles. The monoisotopic (exact) mass is 431 g/mol. The van der Waals surface area contributed by atoms with E-state index in [-0.39, 0.29) is 5.41 Å². The molecule has 0 unspecified atom stereocenters. The van der Waals surface area contributed by atoms with E-state index >= 15 is 0 Å². The minimum atomic E-state index is -4.46. The van der Waals surface area contributed by atoms with Crippen molar-refractivity contribution in [3.8, 4) is 6.07 Å². The maximum Gasteiger partial charge on any atom is 0.433 e. The molecule has 2 atom stereocenters. The van der Waals surface area contributed by atoms with Crippen LogP contribution in [0.15, 0.2) is 24.5 Å². The van der Waals surface area contributed by atoms with Crippen LogP contribution < -0.4 is 5.32 Å². The molecule has 0 bridgehead atoms. The molecule has 8 heteroatoms. The van der Waals surface area contributed by atoms with Crippen LogP contribution in [0.5, 0.6) is 0 Å². The maximum atomic E-state index is 12.8. The molecule has 0 aromatic carbocycles. The van der Waals surface area contributed by atoms with E-state index in [1.54, 1.807) is 6.07 Å². The average molecular weight is 432 g/mol. The Morgan fingerprint density at radius 3 is 2.71 bits per heavy atom. The lowest BCUT2D eigenvalue weighted by Gasteiger charge is -2.40. The third kappa shape index (κ3) is 5.93. The number of nitriles is 1. The van der Waals surface area contributed by atoms with Crippen molar-refractivity contribution < 1.29 is 13.2 Å². The van der Waals surface area contributed by atoms with Gasteiger partial charge in [-0.05, 0) is 67.1 Å². The zero-order valence-corrected chi connectivity index (χ0v) is 18.1. The number of hydrogen-bond donors (Lipinski definition) is 1. The molecule has 0 spiro atoms. The highest BCUT2D eigenvalue weighted by atomic mass is 19.4. The number of alkyl halides is 3. The van der Waals surface area contributed by atoms with Crippen LogP contribution in [-0.4, -0.2) is 21.5 Å². The van der Waals surface area contributed by atoms with E-state index in [0.29, 0.717) is 41.9 Å². The minimum absolute atomic E-state index is 0.268. The molecule has 166 valence electrons. The van der Waals surface area contributed by atoms with Gasteiger partial charge in [0.1, 0.15) is 11.8 Å². The van der Waals surface area contributed by atoms with Crippen molar-refractivity contribution in [1.82, 2.24) is 15.0 Å². The molecule has 2 aromatic heterocycles. The lowest BCUT2D eigenvalue weighted by Crippen LogP contribution is -2.31. The van der Waals surface area contributed by atoms with Gasteiger partial charge in [0.25, 0.3) is 0 Å². The van der Waals surface area contributed by atoms with Crippen molar-refractivity contribution >= 4 is 5.95 Å². The fourth-order valence-corrected chi connectivity index (χ4v) is 4.23. The third-order valence-corrected chi connectivity index (χ3v) is 6.44. The topological polar surface area (TPSA) is 74.5 Å². The number of halogens is 3. The Morgan fingerprint density at radius 2 is 2.03 bits per heavy atom. The number of aromatic nitrogens is 3. The van der Waals surface area contributed by atoms with Crippen LogP contribution in [0, 0.1) is 28.6 Å². The second kappa shape index (κ2) is 9.21. The van der Waals surface area contributed by atoms with Gasteiger partial charge in [-0.3, -0.25) is 4.98 Å². The molecule has 5 nitrogen and oxygen atoms in total. The van der Waals surface area contributed by atoms with Crippen LogP contribution in [0.3, 0.4) is 0 Å². The number of nitrogens with zero attached hydrogens (tertiary/aromatic N) is 4. The summed E-state index contributed by atoms with van der Waals surface area (Å²) in [5, 5.41) is 12.5. The lowest BCUT2D eigenvalue weighted by molar-refractivity contribution is -0.141. The van der Waals surface area contributed by atoms with Gasteiger partial charge in [-0.15, -0.1) is 0 Å². The summed E-state index contributed by atoms with van der Waals surface area (Å²) in [6.45, 7) is 7.27. The van der Waals surface area contributed by atoms with E-state index in [9.17, 15) is 18.4 Å². The molecule has 0 saturated heterocycles. The summed E-state index contributed by atoms with van der Waals surface area (Å²) in [7, 11) is 0. The lowest BCUT2D eigenvalue weighted by atomic mass is 9.65. The molecule has 1 aliphatic rings. The minimum Gasteiger partial charge on any atom is -0.354 e. The predicted molar refractivity (Wildman–Crippen MR) is 112 cm³/mol. The number of nitrogens with one attached hydrogen (secondary N) is 1. The van der Waals surface area contributed by atoms with Gasteiger partial charge in [0.2, 0.25) is 5.95 Å². The molecular formula is C23H28F3N5. The first-order valence-electron chi connectivity index (χ1n) is 10.6. The molecule has 31 heavy (non-hydrogen) atoms. The van der Waals surface area contributed by atoms with Crippen molar-refractivity contribution in [2.75, 3.05) is 11.9 Å². The fourth-order valence-electron chi connectivity index (χ4n) is 4.23. The molecule has 1 fully saturated rings. The van der Waals surface area contributed by atoms with Gasteiger partial charge >= 0.3 is 6.18 Å². The van der Waals surface area contributed by atoms with E-state index in [1.807, 2.05) is 0 Å². The molecule has 1 aliphatic carbocycles. The Bertz CT molecular complexity index is 949. The summed E-state index contributed by atoms with van der Waals surface area (Å²) >= 11 is 0. The second-order valence-electron chi connectivity index (χ2n) is 9.13. The Hall–Kier alpha value is -2.69. The normalized spacial score (nSPS) is 20.8. The zero-order chi connectivity index (χ0) is 22.6. The van der Waals surface area contributed by atoms with E-state index in [2.05, 4.69) is 47.1 Å². The van der Waals surface area contributed by atoms with Crippen LogP contribution in [0.25, 0.3) is 0 Å². The highest BCUT2D eigenvalue weighted by molar-refractivity contribution is 5.37. The standard InChI is InChI=1S/C23H28F3N5/c1-15-4-5-17(12-22(15,2)3)10-19-18(13-27)14-30-21(31-19)29-9-7-16-6-8-28-20(11-16)23(24,25)26/h6,8,11,14-15,17H,4-5,7,9-10,12H2,1-3H3,(H,29,30,31)/t15-,17-/m0/s1. The average Bonchev–Trinajstić information content (AvgIpc) is 2.70. The summed E-state index contributed by atoms with van der Waals surface area (Å²) in [4.78, 5) is 12.1. The van der Waals surface area contributed by atoms with Gasteiger partial charge in [0.15, 0.2) is 0 Å². The summed E-state index contributed by atoms with van der Waals surface area (Å²) < 4.78 is 38.4. The van der Waals surface area contributed by atoms with E-state index in [0.717, 1.165) is 31.0 Å². The van der Waals surface area contributed by atoms with Crippen LogP contribution in [-0.2, 0) is 19.0 Å². The predicted octanol–water partition coefficient (Wildman–Crippen LogP) is 5.42. The van der Waals surface area contributed by atoms with Gasteiger partial charge in [-0.1, -0.05) is 20.8 Å². The first kappa shape index (κ1) is 23.0. The van der Waals surface area contributed by atoms with Gasteiger partial charge in [-0.2, -0.15) is 18.4 Å². The van der Waals surface area contributed by atoms with Crippen molar-refractivity contribution in [3.63, 3.8) is 0 Å². The molecule has 2 aromatic rings. The highest BCUT2D eigenvalue weighted by Crippen LogP contribution is 2.44. The Kier molecular flexibility index (Phi) is 6.83. The van der Waals surface area contributed by atoms with Gasteiger partial charge in [-0.25, -0.2) is 9.97 Å². The quantitative estimate of drug-likeness (QED) is 0.661. The van der Waals surface area contributed by atoms with Crippen LogP contribution in [0.2, 0.25) is 0 Å². The summed E-state index contributed by atoms with van der Waals surface area (Å²) in [6.07, 6.45) is 2.72. The van der Waals surface area contributed by atoms with E-state index < -0.39 is 11.9 Å². The van der Waals surface area contributed by atoms with Crippen molar-refractivity contribution in [3.05, 3.63) is 47.0 Å². The van der Waals surface area contributed by atoms with Crippen molar-refractivity contribution in [1.29, 1.82) is 5.26 Å². The molecule has 1 N–H and O–H groups in total. The Morgan fingerprint density at radius 1 is 1.26 bits per heavy atom. The van der Waals surface area contributed by atoms with Crippen LogP contribution >= 0.6 is 0 Å². The first-order chi connectivity index (χ1) is 14.6. The first-order valence-corrected chi connectivity index (χ1v) is 10.6. The zero-order valence-electron chi connectivity index (χ0n) is 18.1.